The highest BCUT2D eigenvalue weighted by Crippen LogP contribution is 2.31. The van der Waals surface area contributed by atoms with Crippen molar-refractivity contribution in [3.8, 4) is 17.1 Å². The van der Waals surface area contributed by atoms with Gasteiger partial charge in [0, 0.05) is 30.8 Å². The van der Waals surface area contributed by atoms with Crippen LogP contribution in [0.25, 0.3) is 11.3 Å². The van der Waals surface area contributed by atoms with Crippen LogP contribution in [0.15, 0.2) is 53.2 Å². The minimum Gasteiger partial charge on any atom is -0.440 e. The Morgan fingerprint density at radius 1 is 1.21 bits per heavy atom. The molecule has 1 amide bonds. The predicted octanol–water partition coefficient (Wildman–Crippen LogP) is 4.56. The monoisotopic (exact) mass is 381 g/mol. The number of pyridine rings is 1. The molecule has 0 atom stereocenters. The number of piperidine rings is 1. The van der Waals surface area contributed by atoms with E-state index in [0.717, 1.165) is 12.8 Å². The zero-order chi connectivity index (χ0) is 19.5. The van der Waals surface area contributed by atoms with E-state index in [1.165, 1.54) is 12.1 Å². The molecular weight excluding hydrogens is 361 g/mol. The first kappa shape index (κ1) is 18.2. The molecule has 4 rings (SSSR count). The standard InChI is InChI=1S/C21H20FN3O3/c1-14-18(6-3-9-23-14)28-21(26)25-10-7-15(8-11-25)20-24-13-19(27-20)16-4-2-5-17(22)12-16/h2-6,9,12-13,15H,7-8,10-11H2,1H3. The Morgan fingerprint density at radius 2 is 2.04 bits per heavy atom. The van der Waals surface area contributed by atoms with Crippen molar-refractivity contribution < 1.29 is 18.3 Å². The van der Waals surface area contributed by atoms with Crippen LogP contribution in [0, 0.1) is 12.7 Å². The van der Waals surface area contributed by atoms with Gasteiger partial charge in [-0.2, -0.15) is 0 Å². The third kappa shape index (κ3) is 3.88. The van der Waals surface area contributed by atoms with Crippen molar-refractivity contribution in [3.63, 3.8) is 0 Å². The molecule has 1 aromatic carbocycles. The Hall–Kier alpha value is -3.22. The Morgan fingerprint density at radius 3 is 2.79 bits per heavy atom. The number of likely N-dealkylation sites (tertiary alicyclic amines) is 1. The smallest absolute Gasteiger partial charge is 0.415 e. The summed E-state index contributed by atoms with van der Waals surface area (Å²) in [6, 6.07) is 9.70. The molecule has 2 aromatic heterocycles. The summed E-state index contributed by atoms with van der Waals surface area (Å²) in [7, 11) is 0. The summed E-state index contributed by atoms with van der Waals surface area (Å²) in [5, 5.41) is 0. The normalized spacial score (nSPS) is 14.9. The van der Waals surface area contributed by atoms with Gasteiger partial charge in [0.1, 0.15) is 5.82 Å². The van der Waals surface area contributed by atoms with Crippen molar-refractivity contribution in [2.24, 2.45) is 0 Å². The van der Waals surface area contributed by atoms with Crippen LogP contribution in [0.3, 0.4) is 0 Å². The molecule has 0 radical (unpaired) electrons. The van der Waals surface area contributed by atoms with Crippen LogP contribution in [-0.4, -0.2) is 34.1 Å². The van der Waals surface area contributed by atoms with Crippen molar-refractivity contribution in [2.45, 2.75) is 25.7 Å². The molecule has 144 valence electrons. The van der Waals surface area contributed by atoms with Crippen molar-refractivity contribution in [1.82, 2.24) is 14.9 Å². The van der Waals surface area contributed by atoms with Gasteiger partial charge < -0.3 is 14.1 Å². The van der Waals surface area contributed by atoms with Crippen LogP contribution in [0.1, 0.15) is 30.3 Å². The zero-order valence-corrected chi connectivity index (χ0v) is 15.5. The largest absolute Gasteiger partial charge is 0.440 e. The fourth-order valence-corrected chi connectivity index (χ4v) is 3.30. The molecule has 1 aliphatic heterocycles. The van der Waals surface area contributed by atoms with Crippen LogP contribution in [-0.2, 0) is 0 Å². The Kier molecular flexibility index (Phi) is 5.06. The summed E-state index contributed by atoms with van der Waals surface area (Å²) in [5.74, 6) is 1.44. The van der Waals surface area contributed by atoms with E-state index in [9.17, 15) is 9.18 Å². The van der Waals surface area contributed by atoms with Gasteiger partial charge in [-0.1, -0.05) is 12.1 Å². The van der Waals surface area contributed by atoms with Crippen molar-refractivity contribution in [2.75, 3.05) is 13.1 Å². The minimum atomic E-state index is -0.373. The molecule has 6 nitrogen and oxygen atoms in total. The quantitative estimate of drug-likeness (QED) is 0.665. The molecule has 3 aromatic rings. The van der Waals surface area contributed by atoms with Crippen molar-refractivity contribution >= 4 is 6.09 Å². The van der Waals surface area contributed by atoms with Gasteiger partial charge in [0.15, 0.2) is 17.4 Å². The lowest BCUT2D eigenvalue weighted by atomic mass is 9.97. The van der Waals surface area contributed by atoms with Gasteiger partial charge in [-0.05, 0) is 44.0 Å². The Balaban J connectivity index is 1.37. The Labute approximate surface area is 162 Å². The van der Waals surface area contributed by atoms with E-state index in [4.69, 9.17) is 9.15 Å². The van der Waals surface area contributed by atoms with Gasteiger partial charge in [-0.15, -0.1) is 0 Å². The number of oxazole rings is 1. The molecule has 28 heavy (non-hydrogen) atoms. The van der Waals surface area contributed by atoms with E-state index in [-0.39, 0.29) is 17.8 Å². The Bertz CT molecular complexity index is 980. The van der Waals surface area contributed by atoms with Gasteiger partial charge in [-0.25, -0.2) is 14.2 Å². The molecule has 0 aliphatic carbocycles. The molecule has 0 spiro atoms. The van der Waals surface area contributed by atoms with Crippen molar-refractivity contribution in [1.29, 1.82) is 0 Å². The average Bonchev–Trinajstić information content (AvgIpc) is 3.20. The van der Waals surface area contributed by atoms with Gasteiger partial charge in [0.05, 0.1) is 11.9 Å². The second-order valence-electron chi connectivity index (χ2n) is 6.79. The first-order valence-electron chi connectivity index (χ1n) is 9.20. The molecule has 1 fully saturated rings. The minimum absolute atomic E-state index is 0.117. The number of aromatic nitrogens is 2. The lowest BCUT2D eigenvalue weighted by molar-refractivity contribution is 0.135. The third-order valence-electron chi connectivity index (χ3n) is 4.89. The lowest BCUT2D eigenvalue weighted by Crippen LogP contribution is -2.39. The van der Waals surface area contributed by atoms with E-state index >= 15 is 0 Å². The summed E-state index contributed by atoms with van der Waals surface area (Å²) in [4.78, 5) is 22.6. The number of nitrogens with zero attached hydrogens (tertiary/aromatic N) is 3. The number of halogens is 1. The number of hydrogen-bond donors (Lipinski definition) is 0. The number of hydrogen-bond acceptors (Lipinski definition) is 5. The predicted molar refractivity (Wildman–Crippen MR) is 100 cm³/mol. The number of aryl methyl sites for hydroxylation is 1. The highest BCUT2D eigenvalue weighted by Gasteiger charge is 2.28. The van der Waals surface area contributed by atoms with E-state index < -0.39 is 0 Å². The SMILES string of the molecule is Cc1ncccc1OC(=O)N1CCC(c2ncc(-c3cccc(F)c3)o2)CC1. The van der Waals surface area contributed by atoms with Crippen LogP contribution < -0.4 is 4.74 Å². The maximum absolute atomic E-state index is 13.4. The molecular formula is C21H20FN3O3. The molecule has 1 aliphatic rings. The highest BCUT2D eigenvalue weighted by molar-refractivity contribution is 5.71. The van der Waals surface area contributed by atoms with E-state index in [1.807, 2.05) is 0 Å². The number of carbonyl (C=O) groups excluding carboxylic acids is 1. The van der Waals surface area contributed by atoms with Gasteiger partial charge in [0.25, 0.3) is 0 Å². The number of benzene rings is 1. The molecule has 0 unspecified atom stereocenters. The van der Waals surface area contributed by atoms with Crippen LogP contribution in [0.4, 0.5) is 9.18 Å². The van der Waals surface area contributed by atoms with Crippen LogP contribution in [0.5, 0.6) is 5.75 Å². The molecule has 0 saturated carbocycles. The second-order valence-corrected chi connectivity index (χ2v) is 6.79. The van der Waals surface area contributed by atoms with Gasteiger partial charge in [0.2, 0.25) is 0 Å². The first-order valence-corrected chi connectivity index (χ1v) is 9.20. The number of ether oxygens (including phenoxy) is 1. The summed E-state index contributed by atoms with van der Waals surface area (Å²) >= 11 is 0. The molecule has 0 N–H and O–H groups in total. The van der Waals surface area contributed by atoms with Crippen LogP contribution >= 0.6 is 0 Å². The summed E-state index contributed by atoms with van der Waals surface area (Å²) in [6.07, 6.45) is 4.36. The highest BCUT2D eigenvalue weighted by atomic mass is 19.1. The van der Waals surface area contributed by atoms with Gasteiger partial charge in [-0.3, -0.25) is 4.98 Å². The maximum atomic E-state index is 13.4. The lowest BCUT2D eigenvalue weighted by Gasteiger charge is -2.29. The zero-order valence-electron chi connectivity index (χ0n) is 15.5. The molecule has 0 bridgehead atoms. The molecule has 7 heteroatoms. The third-order valence-corrected chi connectivity index (χ3v) is 4.89. The van der Waals surface area contributed by atoms with Gasteiger partial charge >= 0.3 is 6.09 Å². The first-order chi connectivity index (χ1) is 13.6. The fraction of sp³-hybridized carbons (Fsp3) is 0.286. The van der Waals surface area contributed by atoms with Crippen molar-refractivity contribution in [3.05, 3.63) is 66.2 Å². The second kappa shape index (κ2) is 7.80. The molecule has 1 saturated heterocycles. The molecule has 3 heterocycles. The van der Waals surface area contributed by atoms with Crippen LogP contribution in [0.2, 0.25) is 0 Å². The van der Waals surface area contributed by atoms with E-state index in [0.29, 0.717) is 41.7 Å². The summed E-state index contributed by atoms with van der Waals surface area (Å²) < 4.78 is 24.7. The van der Waals surface area contributed by atoms with E-state index in [1.54, 1.807) is 48.5 Å². The topological polar surface area (TPSA) is 68.5 Å². The number of rotatable bonds is 3. The van der Waals surface area contributed by atoms with E-state index in [2.05, 4.69) is 9.97 Å². The summed E-state index contributed by atoms with van der Waals surface area (Å²) in [5.41, 5.74) is 1.34. The number of amides is 1. The summed E-state index contributed by atoms with van der Waals surface area (Å²) in [6.45, 7) is 2.91. The average molecular weight is 381 g/mol. The number of carbonyl (C=O) groups is 1. The fourth-order valence-electron chi connectivity index (χ4n) is 3.30. The maximum Gasteiger partial charge on any atom is 0.415 e.